The number of anilines is 1. The van der Waals surface area contributed by atoms with Crippen LogP contribution in [-0.4, -0.2) is 46.0 Å². The summed E-state index contributed by atoms with van der Waals surface area (Å²) in [6.07, 6.45) is 0. The van der Waals surface area contributed by atoms with E-state index in [1.807, 2.05) is 4.90 Å². The van der Waals surface area contributed by atoms with E-state index in [0.29, 0.717) is 23.9 Å². The topological polar surface area (TPSA) is 49.9 Å². The monoisotopic (exact) mass is 402 g/mol. The van der Waals surface area contributed by atoms with Crippen molar-refractivity contribution in [3.8, 4) is 5.75 Å². The molecule has 1 aliphatic heterocycles. The fraction of sp³-hybridized carbons (Fsp3) is 0.294. The molecule has 0 spiro atoms. The Balaban J connectivity index is 1.82. The minimum atomic E-state index is -4.25. The van der Waals surface area contributed by atoms with Gasteiger partial charge in [-0.2, -0.15) is 4.31 Å². The Kier molecular flexibility index (Phi) is 5.36. The fourth-order valence-corrected chi connectivity index (χ4v) is 4.64. The maximum atomic E-state index is 13.9. The van der Waals surface area contributed by atoms with Crippen molar-refractivity contribution in [1.82, 2.24) is 4.31 Å². The second kappa shape index (κ2) is 7.38. The molecule has 3 rings (SSSR count). The van der Waals surface area contributed by atoms with Crippen molar-refractivity contribution in [3.05, 3.63) is 53.1 Å². The Morgan fingerprint density at radius 1 is 1.04 bits per heavy atom. The molecule has 26 heavy (non-hydrogen) atoms. The van der Waals surface area contributed by atoms with E-state index in [1.54, 1.807) is 18.2 Å². The fourth-order valence-electron chi connectivity index (χ4n) is 2.94. The number of methoxy groups -OCH3 is 1. The van der Waals surface area contributed by atoms with Crippen LogP contribution in [0.15, 0.2) is 41.3 Å². The second-order valence-electron chi connectivity index (χ2n) is 5.76. The molecule has 0 aromatic heterocycles. The van der Waals surface area contributed by atoms with Gasteiger partial charge < -0.3 is 9.64 Å². The van der Waals surface area contributed by atoms with Crippen molar-refractivity contribution >= 4 is 27.3 Å². The first-order valence-electron chi connectivity index (χ1n) is 7.87. The number of hydrogen-bond acceptors (Lipinski definition) is 4. The molecule has 0 N–H and O–H groups in total. The van der Waals surface area contributed by atoms with Crippen LogP contribution in [0, 0.1) is 11.6 Å². The summed E-state index contributed by atoms with van der Waals surface area (Å²) in [5.74, 6) is -1.57. The van der Waals surface area contributed by atoms with E-state index in [-0.39, 0.29) is 13.1 Å². The highest BCUT2D eigenvalue weighted by Crippen LogP contribution is 2.32. The molecule has 2 aromatic carbocycles. The van der Waals surface area contributed by atoms with Crippen LogP contribution in [0.5, 0.6) is 5.75 Å². The summed E-state index contributed by atoms with van der Waals surface area (Å²) in [7, 11) is -2.72. The molecule has 0 amide bonds. The molecule has 0 radical (unpaired) electrons. The maximum Gasteiger partial charge on any atom is 0.249 e. The minimum Gasteiger partial charge on any atom is -0.495 e. The Labute approximate surface area is 155 Å². The standard InChI is InChI=1S/C17H17ClF2N2O3S/c1-25-16-6-5-12(18)11-15(16)21-7-9-22(10-8-21)26(23,24)17-13(19)3-2-4-14(17)20/h2-6,11H,7-10H2,1H3. The lowest BCUT2D eigenvalue weighted by atomic mass is 10.2. The summed E-state index contributed by atoms with van der Waals surface area (Å²) in [6, 6.07) is 8.17. The van der Waals surface area contributed by atoms with Gasteiger partial charge >= 0.3 is 0 Å². The van der Waals surface area contributed by atoms with Crippen molar-refractivity contribution in [3.63, 3.8) is 0 Å². The average Bonchev–Trinajstić information content (AvgIpc) is 2.61. The lowest BCUT2D eigenvalue weighted by molar-refractivity contribution is 0.373. The molecular weight excluding hydrogens is 386 g/mol. The molecule has 1 saturated heterocycles. The van der Waals surface area contributed by atoms with Crippen molar-refractivity contribution in [2.75, 3.05) is 38.2 Å². The SMILES string of the molecule is COc1ccc(Cl)cc1N1CCN(S(=O)(=O)c2c(F)cccc2F)CC1. The van der Waals surface area contributed by atoms with Gasteiger partial charge in [0.15, 0.2) is 4.90 Å². The molecule has 0 saturated carbocycles. The summed E-state index contributed by atoms with van der Waals surface area (Å²) in [5, 5.41) is 0.532. The molecule has 9 heteroatoms. The summed E-state index contributed by atoms with van der Waals surface area (Å²) in [4.78, 5) is 1.02. The molecule has 0 unspecified atom stereocenters. The number of sulfonamides is 1. The first kappa shape index (κ1) is 18.9. The largest absolute Gasteiger partial charge is 0.495 e. The van der Waals surface area contributed by atoms with E-state index in [0.717, 1.165) is 28.2 Å². The van der Waals surface area contributed by atoms with Crippen molar-refractivity contribution in [2.45, 2.75) is 4.90 Å². The second-order valence-corrected chi connectivity index (χ2v) is 8.07. The zero-order valence-electron chi connectivity index (χ0n) is 14.0. The molecule has 1 heterocycles. The molecule has 0 bridgehead atoms. The van der Waals surface area contributed by atoms with Crippen LogP contribution in [0.4, 0.5) is 14.5 Å². The number of ether oxygens (including phenoxy) is 1. The van der Waals surface area contributed by atoms with Gasteiger partial charge in [0.1, 0.15) is 17.4 Å². The van der Waals surface area contributed by atoms with Crippen molar-refractivity contribution < 1.29 is 21.9 Å². The van der Waals surface area contributed by atoms with E-state index in [4.69, 9.17) is 16.3 Å². The Morgan fingerprint density at radius 2 is 1.65 bits per heavy atom. The maximum absolute atomic E-state index is 13.9. The van der Waals surface area contributed by atoms with Gasteiger partial charge in [-0.1, -0.05) is 17.7 Å². The third-order valence-corrected chi connectivity index (χ3v) is 6.42. The molecule has 1 fully saturated rings. The number of piperazine rings is 1. The zero-order valence-corrected chi connectivity index (χ0v) is 15.5. The lowest BCUT2D eigenvalue weighted by Crippen LogP contribution is -2.49. The van der Waals surface area contributed by atoms with Crippen LogP contribution < -0.4 is 9.64 Å². The van der Waals surface area contributed by atoms with Gasteiger partial charge in [0.25, 0.3) is 0 Å². The summed E-state index contributed by atoms with van der Waals surface area (Å²) in [5.41, 5.74) is 0.745. The van der Waals surface area contributed by atoms with Gasteiger partial charge in [-0.15, -0.1) is 0 Å². The van der Waals surface area contributed by atoms with Gasteiger partial charge in [0, 0.05) is 31.2 Å². The Morgan fingerprint density at radius 3 is 2.23 bits per heavy atom. The predicted octanol–water partition coefficient (Wildman–Crippen LogP) is 3.14. The molecule has 0 atom stereocenters. The lowest BCUT2D eigenvalue weighted by Gasteiger charge is -2.36. The van der Waals surface area contributed by atoms with Crippen LogP contribution in [-0.2, 0) is 10.0 Å². The number of hydrogen-bond donors (Lipinski definition) is 0. The molecule has 140 valence electrons. The average molecular weight is 403 g/mol. The molecule has 2 aromatic rings. The molecule has 1 aliphatic rings. The molecule has 5 nitrogen and oxygen atoms in total. The summed E-state index contributed by atoms with van der Waals surface area (Å²) < 4.78 is 59.5. The Hall–Kier alpha value is -1.90. The summed E-state index contributed by atoms with van der Waals surface area (Å²) >= 11 is 6.04. The van der Waals surface area contributed by atoms with E-state index in [1.165, 1.54) is 7.11 Å². The molecular formula is C17H17ClF2N2O3S. The van der Waals surface area contributed by atoms with Gasteiger partial charge in [-0.3, -0.25) is 0 Å². The van der Waals surface area contributed by atoms with Crippen LogP contribution in [0.3, 0.4) is 0 Å². The highest BCUT2D eigenvalue weighted by molar-refractivity contribution is 7.89. The van der Waals surface area contributed by atoms with Crippen molar-refractivity contribution in [1.29, 1.82) is 0 Å². The van der Waals surface area contributed by atoms with Crippen LogP contribution >= 0.6 is 11.6 Å². The van der Waals surface area contributed by atoms with E-state index in [2.05, 4.69) is 0 Å². The first-order chi connectivity index (χ1) is 12.3. The van der Waals surface area contributed by atoms with Gasteiger partial charge in [-0.05, 0) is 30.3 Å². The van der Waals surface area contributed by atoms with Crippen molar-refractivity contribution in [2.24, 2.45) is 0 Å². The summed E-state index contributed by atoms with van der Waals surface area (Å²) in [6.45, 7) is 0.857. The smallest absolute Gasteiger partial charge is 0.249 e. The third-order valence-electron chi connectivity index (χ3n) is 4.24. The molecule has 0 aliphatic carbocycles. The highest BCUT2D eigenvalue weighted by Gasteiger charge is 2.33. The van der Waals surface area contributed by atoms with Crippen LogP contribution in [0.2, 0.25) is 5.02 Å². The number of nitrogens with zero attached hydrogens (tertiary/aromatic N) is 2. The Bertz CT molecular complexity index is 896. The van der Waals surface area contributed by atoms with E-state index < -0.39 is 26.6 Å². The normalized spacial score (nSPS) is 15.9. The van der Waals surface area contributed by atoms with E-state index >= 15 is 0 Å². The van der Waals surface area contributed by atoms with E-state index in [9.17, 15) is 17.2 Å². The highest BCUT2D eigenvalue weighted by atomic mass is 35.5. The predicted molar refractivity (Wildman–Crippen MR) is 95.3 cm³/mol. The van der Waals surface area contributed by atoms with Gasteiger partial charge in [0.05, 0.1) is 12.8 Å². The number of benzene rings is 2. The quantitative estimate of drug-likeness (QED) is 0.788. The number of halogens is 3. The number of rotatable bonds is 4. The van der Waals surface area contributed by atoms with Gasteiger partial charge in [0.2, 0.25) is 10.0 Å². The third kappa shape index (κ3) is 3.49. The zero-order chi connectivity index (χ0) is 18.9. The first-order valence-corrected chi connectivity index (χ1v) is 9.69. The minimum absolute atomic E-state index is 0.0891. The van der Waals surface area contributed by atoms with Gasteiger partial charge in [-0.25, -0.2) is 17.2 Å². The van der Waals surface area contributed by atoms with Crippen LogP contribution in [0.25, 0.3) is 0 Å². The van der Waals surface area contributed by atoms with Crippen LogP contribution in [0.1, 0.15) is 0 Å².